The van der Waals surface area contributed by atoms with E-state index in [1.165, 1.54) is 0 Å². The summed E-state index contributed by atoms with van der Waals surface area (Å²) in [7, 11) is 0. The molecule has 0 saturated carbocycles. The summed E-state index contributed by atoms with van der Waals surface area (Å²) in [5, 5.41) is 3.32. The third kappa shape index (κ3) is 3.79. The van der Waals surface area contributed by atoms with E-state index in [2.05, 4.69) is 24.1 Å². The minimum Gasteiger partial charge on any atom is -0.439 e. The van der Waals surface area contributed by atoms with Gasteiger partial charge in [-0.2, -0.15) is 0 Å². The number of pyridine rings is 1. The van der Waals surface area contributed by atoms with Crippen LogP contribution in [0.15, 0.2) is 42.5 Å². The van der Waals surface area contributed by atoms with Crippen LogP contribution in [-0.2, 0) is 0 Å². The molecule has 6 heteroatoms. The molecule has 1 saturated heterocycles. The molecule has 0 spiro atoms. The minimum atomic E-state index is -0.0577. The zero-order valence-electron chi connectivity index (χ0n) is 13.7. The molecule has 1 N–H and O–H groups in total. The number of aromatic nitrogens is 1. The van der Waals surface area contributed by atoms with Crippen molar-refractivity contribution in [3.8, 4) is 11.6 Å². The van der Waals surface area contributed by atoms with Crippen LogP contribution in [0.3, 0.4) is 0 Å². The maximum absolute atomic E-state index is 12.4. The molecule has 0 radical (unpaired) electrons. The van der Waals surface area contributed by atoms with Crippen LogP contribution in [0, 0.1) is 0 Å². The molecular weight excluding hydrogens is 326 g/mol. The molecule has 1 aliphatic rings. The van der Waals surface area contributed by atoms with Gasteiger partial charge in [-0.15, -0.1) is 0 Å². The molecule has 2 aromatic rings. The van der Waals surface area contributed by atoms with Crippen molar-refractivity contribution in [3.05, 3.63) is 47.6 Å². The SMILES string of the molecule is CC1CCC(C)N1C(=O)Nc1ccc(Oc2cccc(Cl)n2)cc1. The van der Waals surface area contributed by atoms with Gasteiger partial charge in [-0.05, 0) is 57.0 Å². The topological polar surface area (TPSA) is 54.5 Å². The van der Waals surface area contributed by atoms with Crippen LogP contribution in [0.25, 0.3) is 0 Å². The Labute approximate surface area is 146 Å². The summed E-state index contributed by atoms with van der Waals surface area (Å²) in [5.74, 6) is 1.06. The average Bonchev–Trinajstić information content (AvgIpc) is 2.88. The Balaban J connectivity index is 1.63. The smallest absolute Gasteiger partial charge is 0.322 e. The van der Waals surface area contributed by atoms with Gasteiger partial charge in [0, 0.05) is 23.8 Å². The van der Waals surface area contributed by atoms with Gasteiger partial charge in [0.1, 0.15) is 10.9 Å². The zero-order valence-corrected chi connectivity index (χ0v) is 14.5. The van der Waals surface area contributed by atoms with Gasteiger partial charge in [0.25, 0.3) is 0 Å². The summed E-state index contributed by atoms with van der Waals surface area (Å²) in [6.07, 6.45) is 2.10. The van der Waals surface area contributed by atoms with Crippen molar-refractivity contribution in [1.29, 1.82) is 0 Å². The first-order valence-electron chi connectivity index (χ1n) is 8.03. The fourth-order valence-electron chi connectivity index (χ4n) is 2.96. The molecule has 0 bridgehead atoms. The van der Waals surface area contributed by atoms with Crippen molar-refractivity contribution >= 4 is 23.3 Å². The third-order valence-electron chi connectivity index (χ3n) is 4.20. The molecule has 1 aliphatic heterocycles. The summed E-state index contributed by atoms with van der Waals surface area (Å²) in [5.41, 5.74) is 0.734. The first-order chi connectivity index (χ1) is 11.5. The lowest BCUT2D eigenvalue weighted by Crippen LogP contribution is -2.41. The molecule has 1 aromatic heterocycles. The second-order valence-electron chi connectivity index (χ2n) is 6.04. The quantitative estimate of drug-likeness (QED) is 0.802. The number of benzene rings is 1. The normalized spacial score (nSPS) is 20.0. The van der Waals surface area contributed by atoms with Crippen LogP contribution >= 0.6 is 11.6 Å². The molecule has 1 aromatic carbocycles. The maximum Gasteiger partial charge on any atom is 0.322 e. The fourth-order valence-corrected chi connectivity index (χ4v) is 3.11. The first kappa shape index (κ1) is 16.6. The molecule has 5 nitrogen and oxygen atoms in total. The highest BCUT2D eigenvalue weighted by molar-refractivity contribution is 6.29. The van der Waals surface area contributed by atoms with Gasteiger partial charge < -0.3 is 15.0 Å². The monoisotopic (exact) mass is 345 g/mol. The number of hydrogen-bond donors (Lipinski definition) is 1. The van der Waals surface area contributed by atoms with Gasteiger partial charge in [0.2, 0.25) is 5.88 Å². The van der Waals surface area contributed by atoms with Crippen molar-refractivity contribution < 1.29 is 9.53 Å². The number of nitrogens with zero attached hydrogens (tertiary/aromatic N) is 2. The molecule has 2 heterocycles. The zero-order chi connectivity index (χ0) is 17.1. The van der Waals surface area contributed by atoms with Crippen LogP contribution in [0.5, 0.6) is 11.6 Å². The number of nitrogens with one attached hydrogen (secondary N) is 1. The molecular formula is C18H20ClN3O2. The number of amides is 2. The van der Waals surface area contributed by atoms with Crippen LogP contribution in [0.1, 0.15) is 26.7 Å². The molecule has 3 rings (SSSR count). The molecule has 2 atom stereocenters. The summed E-state index contributed by atoms with van der Waals surface area (Å²) >= 11 is 5.84. The standard InChI is InChI=1S/C18H20ClN3O2/c1-12-6-7-13(2)22(12)18(23)20-14-8-10-15(11-9-14)24-17-5-3-4-16(19)21-17/h3-5,8-13H,6-7H2,1-2H3,(H,20,23). The van der Waals surface area contributed by atoms with E-state index in [1.807, 2.05) is 17.0 Å². The largest absolute Gasteiger partial charge is 0.439 e. The fraction of sp³-hybridized carbons (Fsp3) is 0.333. The number of hydrogen-bond acceptors (Lipinski definition) is 3. The van der Waals surface area contributed by atoms with E-state index in [0.29, 0.717) is 16.8 Å². The van der Waals surface area contributed by atoms with E-state index in [1.54, 1.807) is 30.3 Å². The Bertz CT molecular complexity index is 710. The number of urea groups is 1. The van der Waals surface area contributed by atoms with Crippen molar-refractivity contribution in [2.45, 2.75) is 38.8 Å². The average molecular weight is 346 g/mol. The second kappa shape index (κ2) is 7.09. The van der Waals surface area contributed by atoms with Gasteiger partial charge >= 0.3 is 6.03 Å². The summed E-state index contributed by atoms with van der Waals surface area (Å²) in [6.45, 7) is 4.16. The Morgan fingerprint density at radius 2 is 1.83 bits per heavy atom. The van der Waals surface area contributed by atoms with Gasteiger partial charge in [0.05, 0.1) is 0 Å². The van der Waals surface area contributed by atoms with Gasteiger partial charge in [0.15, 0.2) is 0 Å². The Morgan fingerprint density at radius 3 is 2.46 bits per heavy atom. The lowest BCUT2D eigenvalue weighted by Gasteiger charge is -2.26. The lowest BCUT2D eigenvalue weighted by atomic mass is 10.2. The molecule has 1 fully saturated rings. The highest BCUT2D eigenvalue weighted by Crippen LogP contribution is 2.26. The highest BCUT2D eigenvalue weighted by Gasteiger charge is 2.31. The summed E-state index contributed by atoms with van der Waals surface area (Å²) < 4.78 is 5.63. The number of carbonyl (C=O) groups excluding carboxylic acids is 1. The van der Waals surface area contributed by atoms with E-state index in [0.717, 1.165) is 18.5 Å². The first-order valence-corrected chi connectivity index (χ1v) is 8.40. The summed E-state index contributed by atoms with van der Waals surface area (Å²) in [4.78, 5) is 18.4. The van der Waals surface area contributed by atoms with E-state index in [4.69, 9.17) is 16.3 Å². The minimum absolute atomic E-state index is 0.0577. The predicted octanol–water partition coefficient (Wildman–Crippen LogP) is 4.93. The molecule has 24 heavy (non-hydrogen) atoms. The van der Waals surface area contributed by atoms with Crippen molar-refractivity contribution in [2.75, 3.05) is 5.32 Å². The predicted molar refractivity (Wildman–Crippen MR) is 94.8 cm³/mol. The third-order valence-corrected chi connectivity index (χ3v) is 4.41. The Hall–Kier alpha value is -2.27. The van der Waals surface area contributed by atoms with E-state index in [9.17, 15) is 4.79 Å². The maximum atomic E-state index is 12.4. The molecule has 0 aliphatic carbocycles. The second-order valence-corrected chi connectivity index (χ2v) is 6.43. The Kier molecular flexibility index (Phi) is 4.90. The van der Waals surface area contributed by atoms with Crippen LogP contribution in [-0.4, -0.2) is 28.0 Å². The van der Waals surface area contributed by atoms with Gasteiger partial charge in [-0.3, -0.25) is 0 Å². The molecule has 2 amide bonds. The number of rotatable bonds is 3. The van der Waals surface area contributed by atoms with Crippen molar-refractivity contribution in [3.63, 3.8) is 0 Å². The van der Waals surface area contributed by atoms with Crippen molar-refractivity contribution in [2.24, 2.45) is 0 Å². The number of carbonyl (C=O) groups is 1. The number of ether oxygens (including phenoxy) is 1. The molecule has 126 valence electrons. The van der Waals surface area contributed by atoms with Crippen molar-refractivity contribution in [1.82, 2.24) is 9.88 Å². The van der Waals surface area contributed by atoms with Crippen LogP contribution in [0.4, 0.5) is 10.5 Å². The van der Waals surface area contributed by atoms with Crippen LogP contribution < -0.4 is 10.1 Å². The van der Waals surface area contributed by atoms with E-state index < -0.39 is 0 Å². The lowest BCUT2D eigenvalue weighted by molar-refractivity contribution is 0.194. The highest BCUT2D eigenvalue weighted by atomic mass is 35.5. The summed E-state index contributed by atoms with van der Waals surface area (Å²) in [6, 6.07) is 12.9. The Morgan fingerprint density at radius 1 is 1.17 bits per heavy atom. The van der Waals surface area contributed by atoms with E-state index in [-0.39, 0.29) is 18.1 Å². The van der Waals surface area contributed by atoms with E-state index >= 15 is 0 Å². The van der Waals surface area contributed by atoms with Gasteiger partial charge in [-0.25, -0.2) is 9.78 Å². The number of anilines is 1. The number of likely N-dealkylation sites (tertiary alicyclic amines) is 1. The van der Waals surface area contributed by atoms with Crippen LogP contribution in [0.2, 0.25) is 5.15 Å². The molecule has 2 unspecified atom stereocenters. The number of halogens is 1. The van der Waals surface area contributed by atoms with Gasteiger partial charge in [-0.1, -0.05) is 17.7 Å².